The van der Waals surface area contributed by atoms with Crippen LogP contribution in [0.1, 0.15) is 64.0 Å². The van der Waals surface area contributed by atoms with Gasteiger partial charge in [0.2, 0.25) is 0 Å². The van der Waals surface area contributed by atoms with Gasteiger partial charge in [-0.2, -0.15) is 0 Å². The molecule has 0 spiro atoms. The summed E-state index contributed by atoms with van der Waals surface area (Å²) < 4.78 is 0.726. The number of carbonyl (C=O) groups excluding carboxylic acids is 1. The van der Waals surface area contributed by atoms with Crippen molar-refractivity contribution in [3.63, 3.8) is 0 Å². The zero-order valence-corrected chi connectivity index (χ0v) is 16.3. The van der Waals surface area contributed by atoms with Gasteiger partial charge in [0, 0.05) is 6.04 Å². The van der Waals surface area contributed by atoms with Crippen molar-refractivity contribution in [2.24, 2.45) is 0 Å². The lowest BCUT2D eigenvalue weighted by Crippen LogP contribution is -2.39. The van der Waals surface area contributed by atoms with E-state index >= 15 is 0 Å². The molecule has 128 valence electrons. The fourth-order valence-corrected chi connectivity index (χ4v) is 4.77. The first-order valence-electron chi connectivity index (χ1n) is 8.74. The smallest absolute Gasteiger partial charge is 0.266 e. The van der Waals surface area contributed by atoms with Gasteiger partial charge in [0.15, 0.2) is 0 Å². The summed E-state index contributed by atoms with van der Waals surface area (Å²) in [6, 6.07) is 8.78. The van der Waals surface area contributed by atoms with E-state index in [1.165, 1.54) is 36.6 Å². The van der Waals surface area contributed by atoms with Crippen molar-refractivity contribution in [2.45, 2.75) is 64.3 Å². The molecular weight excluding hydrogens is 334 g/mol. The molecule has 1 aromatic rings. The van der Waals surface area contributed by atoms with E-state index in [2.05, 4.69) is 45.0 Å². The zero-order valence-electron chi connectivity index (χ0n) is 14.7. The first-order chi connectivity index (χ1) is 11.4. The number of hydrogen-bond donors (Lipinski definition) is 0. The Labute approximate surface area is 154 Å². The van der Waals surface area contributed by atoms with Crippen LogP contribution in [0.3, 0.4) is 0 Å². The van der Waals surface area contributed by atoms with Gasteiger partial charge >= 0.3 is 0 Å². The van der Waals surface area contributed by atoms with Crippen LogP contribution in [-0.4, -0.2) is 21.2 Å². The summed E-state index contributed by atoms with van der Waals surface area (Å²) in [6.07, 6.45) is 7.83. The molecule has 0 radical (unpaired) electrons. The number of carbonyl (C=O) groups is 1. The number of thioether (sulfide) groups is 1. The van der Waals surface area contributed by atoms with E-state index in [9.17, 15) is 4.79 Å². The molecule has 1 saturated carbocycles. The molecule has 4 heteroatoms. The van der Waals surface area contributed by atoms with Crippen molar-refractivity contribution in [3.05, 3.63) is 40.3 Å². The van der Waals surface area contributed by atoms with Gasteiger partial charge in [-0.15, -0.1) is 0 Å². The van der Waals surface area contributed by atoms with E-state index in [0.29, 0.717) is 6.04 Å². The molecule has 1 aliphatic heterocycles. The van der Waals surface area contributed by atoms with Crippen LogP contribution in [0.4, 0.5) is 0 Å². The second kappa shape index (κ2) is 7.01. The van der Waals surface area contributed by atoms with Crippen LogP contribution in [0.5, 0.6) is 0 Å². The largest absolute Gasteiger partial charge is 0.290 e. The molecule has 24 heavy (non-hydrogen) atoms. The van der Waals surface area contributed by atoms with Crippen LogP contribution in [0.15, 0.2) is 29.2 Å². The molecular formula is C20H25NOS2. The molecule has 0 aromatic heterocycles. The average Bonchev–Trinajstić information content (AvgIpc) is 2.82. The molecule has 1 heterocycles. The van der Waals surface area contributed by atoms with E-state index in [4.69, 9.17) is 12.2 Å². The van der Waals surface area contributed by atoms with Crippen LogP contribution >= 0.6 is 24.0 Å². The summed E-state index contributed by atoms with van der Waals surface area (Å²) >= 11 is 6.94. The van der Waals surface area contributed by atoms with Gasteiger partial charge in [0.25, 0.3) is 5.91 Å². The predicted octanol–water partition coefficient (Wildman–Crippen LogP) is 5.52. The fraction of sp³-hybridized carbons (Fsp3) is 0.500. The summed E-state index contributed by atoms with van der Waals surface area (Å²) in [6.45, 7) is 6.62. The standard InChI is InChI=1S/C20H25NOS2/c1-20(2,3)15-11-9-14(10-12-15)13-17-18(22)21(19(23)24-17)16-7-5-4-6-8-16/h9-13,16H,4-8H2,1-3H3/b17-13-. The molecule has 3 rings (SSSR count). The minimum atomic E-state index is 0.0943. The van der Waals surface area contributed by atoms with Crippen LogP contribution in [0.25, 0.3) is 6.08 Å². The highest BCUT2D eigenvalue weighted by Gasteiger charge is 2.37. The Morgan fingerprint density at radius 1 is 1.12 bits per heavy atom. The van der Waals surface area contributed by atoms with Crippen LogP contribution in [0.2, 0.25) is 0 Å². The molecule has 0 bridgehead atoms. The molecule has 2 nitrogen and oxygen atoms in total. The Kier molecular flexibility index (Phi) is 5.16. The van der Waals surface area contributed by atoms with E-state index < -0.39 is 0 Å². The summed E-state index contributed by atoms with van der Waals surface area (Å²) in [4.78, 5) is 15.4. The van der Waals surface area contributed by atoms with Gasteiger partial charge in [-0.3, -0.25) is 9.69 Å². The first kappa shape index (κ1) is 17.7. The predicted molar refractivity (Wildman–Crippen MR) is 107 cm³/mol. The number of rotatable bonds is 2. The van der Waals surface area contributed by atoms with Crippen LogP contribution < -0.4 is 0 Å². The molecule has 1 amide bonds. The van der Waals surface area contributed by atoms with Gasteiger partial charge in [-0.05, 0) is 35.5 Å². The lowest BCUT2D eigenvalue weighted by Gasteiger charge is -2.29. The zero-order chi connectivity index (χ0) is 17.3. The molecule has 1 aromatic carbocycles. The highest BCUT2D eigenvalue weighted by Crippen LogP contribution is 2.37. The van der Waals surface area contributed by atoms with Crippen molar-refractivity contribution in [1.29, 1.82) is 0 Å². The number of amides is 1. The Hall–Kier alpha value is -1.13. The third-order valence-electron chi connectivity index (χ3n) is 4.84. The van der Waals surface area contributed by atoms with Gasteiger partial charge in [-0.1, -0.05) is 88.3 Å². The van der Waals surface area contributed by atoms with E-state index in [0.717, 1.165) is 27.6 Å². The fourth-order valence-electron chi connectivity index (χ4n) is 3.36. The summed E-state index contributed by atoms with van der Waals surface area (Å²) in [5.74, 6) is 0.0943. The monoisotopic (exact) mass is 359 g/mol. The lowest BCUT2D eigenvalue weighted by molar-refractivity contribution is -0.124. The Bertz CT molecular complexity index is 664. The Balaban J connectivity index is 1.78. The Morgan fingerprint density at radius 3 is 2.33 bits per heavy atom. The first-order valence-corrected chi connectivity index (χ1v) is 9.96. The van der Waals surface area contributed by atoms with Gasteiger partial charge in [-0.25, -0.2) is 0 Å². The summed E-state index contributed by atoms with van der Waals surface area (Å²) in [5, 5.41) is 0. The topological polar surface area (TPSA) is 20.3 Å². The third-order valence-corrected chi connectivity index (χ3v) is 6.17. The van der Waals surface area contributed by atoms with Gasteiger partial charge in [0.1, 0.15) is 4.32 Å². The number of nitrogens with zero attached hydrogens (tertiary/aromatic N) is 1. The maximum absolute atomic E-state index is 12.8. The summed E-state index contributed by atoms with van der Waals surface area (Å²) in [5.41, 5.74) is 2.50. The average molecular weight is 360 g/mol. The van der Waals surface area contributed by atoms with Crippen molar-refractivity contribution < 1.29 is 4.79 Å². The van der Waals surface area contributed by atoms with Crippen molar-refractivity contribution in [2.75, 3.05) is 0 Å². The molecule has 1 aliphatic carbocycles. The number of benzene rings is 1. The molecule has 1 saturated heterocycles. The normalized spacial score (nSPS) is 21.8. The van der Waals surface area contributed by atoms with Crippen molar-refractivity contribution in [3.8, 4) is 0 Å². The van der Waals surface area contributed by atoms with Crippen molar-refractivity contribution >= 4 is 40.3 Å². The van der Waals surface area contributed by atoms with E-state index in [-0.39, 0.29) is 11.3 Å². The van der Waals surface area contributed by atoms with E-state index in [1.54, 1.807) is 0 Å². The van der Waals surface area contributed by atoms with Gasteiger partial charge in [0.05, 0.1) is 4.91 Å². The molecule has 2 aliphatic rings. The highest BCUT2D eigenvalue weighted by molar-refractivity contribution is 8.26. The minimum absolute atomic E-state index is 0.0943. The molecule has 0 N–H and O–H groups in total. The quantitative estimate of drug-likeness (QED) is 0.512. The van der Waals surface area contributed by atoms with E-state index in [1.807, 2.05) is 11.0 Å². The maximum Gasteiger partial charge on any atom is 0.266 e. The second-order valence-electron chi connectivity index (χ2n) is 7.72. The maximum atomic E-state index is 12.8. The van der Waals surface area contributed by atoms with Crippen molar-refractivity contribution in [1.82, 2.24) is 4.90 Å². The lowest BCUT2D eigenvalue weighted by atomic mass is 9.87. The van der Waals surface area contributed by atoms with Crippen LogP contribution in [-0.2, 0) is 10.2 Å². The molecule has 0 atom stereocenters. The molecule has 2 fully saturated rings. The SMILES string of the molecule is CC(C)(C)c1ccc(/C=C2\SC(=S)N(C3CCCCC3)C2=O)cc1. The number of hydrogen-bond acceptors (Lipinski definition) is 3. The van der Waals surface area contributed by atoms with Crippen LogP contribution in [0, 0.1) is 0 Å². The second-order valence-corrected chi connectivity index (χ2v) is 9.39. The third kappa shape index (κ3) is 3.75. The summed E-state index contributed by atoms with van der Waals surface area (Å²) in [7, 11) is 0. The minimum Gasteiger partial charge on any atom is -0.290 e. The molecule has 0 unspecified atom stereocenters. The number of thiocarbonyl (C=S) groups is 1. The Morgan fingerprint density at radius 2 is 1.75 bits per heavy atom. The highest BCUT2D eigenvalue weighted by atomic mass is 32.2. The van der Waals surface area contributed by atoms with Gasteiger partial charge < -0.3 is 0 Å².